The van der Waals surface area contributed by atoms with Gasteiger partial charge in [-0.15, -0.1) is 0 Å². The molecule has 17 heavy (non-hydrogen) atoms. The van der Waals surface area contributed by atoms with Crippen LogP contribution in [0.2, 0.25) is 0 Å². The monoisotopic (exact) mass is 237 g/mol. The molecule has 94 valence electrons. The fourth-order valence-corrected chi connectivity index (χ4v) is 2.56. The van der Waals surface area contributed by atoms with E-state index < -0.39 is 0 Å². The number of nitrogens with one attached hydrogen (secondary N) is 1. The maximum atomic E-state index is 5.45. The zero-order valence-electron chi connectivity index (χ0n) is 10.0. The van der Waals surface area contributed by atoms with Gasteiger partial charge in [0.1, 0.15) is 0 Å². The van der Waals surface area contributed by atoms with E-state index in [1.165, 1.54) is 12.8 Å². The van der Waals surface area contributed by atoms with Gasteiger partial charge in [0.25, 0.3) is 0 Å². The van der Waals surface area contributed by atoms with Crippen LogP contribution in [0.1, 0.15) is 55.8 Å². The summed E-state index contributed by atoms with van der Waals surface area (Å²) in [5.74, 6) is 1.90. The molecule has 2 aliphatic rings. The molecule has 0 spiro atoms. The topological polar surface area (TPSA) is 60.2 Å². The molecule has 1 aromatic rings. The maximum absolute atomic E-state index is 5.45. The summed E-state index contributed by atoms with van der Waals surface area (Å²) in [5, 5.41) is 7.53. The van der Waals surface area contributed by atoms with Gasteiger partial charge < -0.3 is 14.6 Å². The van der Waals surface area contributed by atoms with E-state index in [1.807, 2.05) is 0 Å². The molecule has 5 nitrogen and oxygen atoms in total. The van der Waals surface area contributed by atoms with Crippen LogP contribution in [-0.4, -0.2) is 29.9 Å². The van der Waals surface area contributed by atoms with Crippen LogP contribution in [0.4, 0.5) is 0 Å². The van der Waals surface area contributed by atoms with Gasteiger partial charge in [-0.05, 0) is 32.2 Å². The van der Waals surface area contributed by atoms with Crippen LogP contribution in [0.25, 0.3) is 0 Å². The van der Waals surface area contributed by atoms with Crippen LogP contribution in [0, 0.1) is 0 Å². The summed E-state index contributed by atoms with van der Waals surface area (Å²) in [6, 6.07) is 0.259. The highest BCUT2D eigenvalue weighted by molar-refractivity contribution is 5.00. The molecule has 1 aromatic heterocycles. The minimum absolute atomic E-state index is 0.259. The Kier molecular flexibility index (Phi) is 3.38. The van der Waals surface area contributed by atoms with Crippen molar-refractivity contribution in [2.24, 2.45) is 0 Å². The maximum Gasteiger partial charge on any atom is 0.243 e. The number of nitrogens with zero attached hydrogens (tertiary/aromatic N) is 2. The van der Waals surface area contributed by atoms with E-state index in [2.05, 4.69) is 15.5 Å². The third kappa shape index (κ3) is 2.50. The van der Waals surface area contributed by atoms with Gasteiger partial charge in [-0.1, -0.05) is 11.6 Å². The van der Waals surface area contributed by atoms with Crippen molar-refractivity contribution in [2.45, 2.75) is 44.1 Å². The largest absolute Gasteiger partial charge is 0.381 e. The minimum atomic E-state index is 0.259. The SMILES string of the molecule is C1CCC(c2nc(C3CCCOC3)no2)NC1. The highest BCUT2D eigenvalue weighted by atomic mass is 16.5. The summed E-state index contributed by atoms with van der Waals surface area (Å²) in [7, 11) is 0. The number of aromatic nitrogens is 2. The second kappa shape index (κ2) is 5.14. The lowest BCUT2D eigenvalue weighted by Crippen LogP contribution is -2.27. The normalized spacial score (nSPS) is 30.4. The smallest absolute Gasteiger partial charge is 0.243 e. The summed E-state index contributed by atoms with van der Waals surface area (Å²) in [4.78, 5) is 4.54. The quantitative estimate of drug-likeness (QED) is 0.849. The average Bonchev–Trinajstić information content (AvgIpc) is 2.90. The van der Waals surface area contributed by atoms with Crippen molar-refractivity contribution in [1.29, 1.82) is 0 Å². The first kappa shape index (κ1) is 11.2. The molecule has 1 N–H and O–H groups in total. The van der Waals surface area contributed by atoms with Gasteiger partial charge in [0.05, 0.1) is 12.6 Å². The molecule has 5 heteroatoms. The van der Waals surface area contributed by atoms with Gasteiger partial charge in [0.2, 0.25) is 5.89 Å². The summed E-state index contributed by atoms with van der Waals surface area (Å²) in [6.45, 7) is 2.65. The number of rotatable bonds is 2. The Morgan fingerprint density at radius 2 is 2.18 bits per heavy atom. The average molecular weight is 237 g/mol. The predicted octanol–water partition coefficient (Wildman–Crippen LogP) is 1.78. The molecule has 0 amide bonds. The lowest BCUT2D eigenvalue weighted by molar-refractivity contribution is 0.0773. The van der Waals surface area contributed by atoms with Gasteiger partial charge in [0.15, 0.2) is 5.82 Å². The molecule has 0 saturated carbocycles. The van der Waals surface area contributed by atoms with E-state index in [-0.39, 0.29) is 6.04 Å². The summed E-state index contributed by atoms with van der Waals surface area (Å²) < 4.78 is 10.8. The lowest BCUT2D eigenvalue weighted by atomic mass is 10.0. The predicted molar refractivity (Wildman–Crippen MR) is 61.7 cm³/mol. The molecule has 2 fully saturated rings. The number of piperidine rings is 1. The van der Waals surface area contributed by atoms with Gasteiger partial charge in [-0.25, -0.2) is 0 Å². The number of ether oxygens (including phenoxy) is 1. The molecular formula is C12H19N3O2. The molecule has 3 rings (SSSR count). The first-order chi connectivity index (χ1) is 8.43. The van der Waals surface area contributed by atoms with Crippen molar-refractivity contribution in [2.75, 3.05) is 19.8 Å². The van der Waals surface area contributed by atoms with E-state index in [4.69, 9.17) is 9.26 Å². The van der Waals surface area contributed by atoms with Crippen LogP contribution in [0.5, 0.6) is 0 Å². The Morgan fingerprint density at radius 1 is 1.18 bits per heavy atom. The standard InChI is InChI=1S/C12H19N3O2/c1-2-6-13-10(5-1)12-14-11(15-17-12)9-4-3-7-16-8-9/h9-10,13H,1-8H2. The Balaban J connectivity index is 1.68. The van der Waals surface area contributed by atoms with Crippen LogP contribution < -0.4 is 5.32 Å². The highest BCUT2D eigenvalue weighted by Crippen LogP contribution is 2.26. The van der Waals surface area contributed by atoms with Crippen molar-refractivity contribution < 1.29 is 9.26 Å². The van der Waals surface area contributed by atoms with E-state index in [0.29, 0.717) is 5.92 Å². The Hall–Kier alpha value is -0.940. The fraction of sp³-hybridized carbons (Fsp3) is 0.833. The molecule has 0 bridgehead atoms. The van der Waals surface area contributed by atoms with Gasteiger partial charge in [-0.2, -0.15) is 4.98 Å². The first-order valence-corrected chi connectivity index (χ1v) is 6.58. The number of hydrogen-bond acceptors (Lipinski definition) is 5. The van der Waals surface area contributed by atoms with Gasteiger partial charge >= 0.3 is 0 Å². The van der Waals surface area contributed by atoms with E-state index in [9.17, 15) is 0 Å². The first-order valence-electron chi connectivity index (χ1n) is 6.58. The molecule has 3 heterocycles. The molecule has 0 aromatic carbocycles. The third-order valence-corrected chi connectivity index (χ3v) is 3.59. The molecule has 2 saturated heterocycles. The summed E-state index contributed by atoms with van der Waals surface area (Å²) in [6.07, 6.45) is 5.78. The molecule has 2 atom stereocenters. The zero-order valence-corrected chi connectivity index (χ0v) is 10.0. The Morgan fingerprint density at radius 3 is 2.94 bits per heavy atom. The number of hydrogen-bond donors (Lipinski definition) is 1. The molecule has 0 radical (unpaired) electrons. The highest BCUT2D eigenvalue weighted by Gasteiger charge is 2.25. The zero-order chi connectivity index (χ0) is 11.5. The Labute approximate surface area is 101 Å². The molecular weight excluding hydrogens is 218 g/mol. The second-order valence-electron chi connectivity index (χ2n) is 4.91. The van der Waals surface area contributed by atoms with Crippen LogP contribution in [0.3, 0.4) is 0 Å². The van der Waals surface area contributed by atoms with Crippen LogP contribution >= 0.6 is 0 Å². The molecule has 2 unspecified atom stereocenters. The van der Waals surface area contributed by atoms with Crippen molar-refractivity contribution in [3.8, 4) is 0 Å². The summed E-state index contributed by atoms with van der Waals surface area (Å²) >= 11 is 0. The van der Waals surface area contributed by atoms with Crippen molar-refractivity contribution in [1.82, 2.24) is 15.5 Å². The third-order valence-electron chi connectivity index (χ3n) is 3.59. The summed E-state index contributed by atoms with van der Waals surface area (Å²) in [5.41, 5.74) is 0. The van der Waals surface area contributed by atoms with Gasteiger partial charge in [-0.3, -0.25) is 0 Å². The van der Waals surface area contributed by atoms with E-state index in [1.54, 1.807) is 0 Å². The van der Waals surface area contributed by atoms with Crippen LogP contribution in [0.15, 0.2) is 4.52 Å². The lowest BCUT2D eigenvalue weighted by Gasteiger charge is -2.20. The van der Waals surface area contributed by atoms with Crippen molar-refractivity contribution in [3.63, 3.8) is 0 Å². The minimum Gasteiger partial charge on any atom is -0.381 e. The van der Waals surface area contributed by atoms with Gasteiger partial charge in [0, 0.05) is 12.5 Å². The van der Waals surface area contributed by atoms with Crippen molar-refractivity contribution in [3.05, 3.63) is 11.7 Å². The second-order valence-corrected chi connectivity index (χ2v) is 4.91. The van der Waals surface area contributed by atoms with Crippen molar-refractivity contribution >= 4 is 0 Å². The molecule has 0 aliphatic carbocycles. The van der Waals surface area contributed by atoms with Crippen LogP contribution in [-0.2, 0) is 4.74 Å². The fourth-order valence-electron chi connectivity index (χ4n) is 2.56. The van der Waals surface area contributed by atoms with E-state index >= 15 is 0 Å². The van der Waals surface area contributed by atoms with E-state index in [0.717, 1.165) is 50.7 Å². The Bertz CT molecular complexity index is 322. The molecule has 2 aliphatic heterocycles.